The van der Waals surface area contributed by atoms with E-state index >= 15 is 0 Å². The van der Waals surface area contributed by atoms with Crippen LogP contribution in [0.3, 0.4) is 0 Å². The van der Waals surface area contributed by atoms with E-state index in [1.165, 1.54) is 12.1 Å². The van der Waals surface area contributed by atoms with Crippen LogP contribution >= 0.6 is 0 Å². The number of aryl methyl sites for hydroxylation is 1. The normalized spacial score (nSPS) is 11.6. The first-order valence-corrected chi connectivity index (χ1v) is 6.31. The van der Waals surface area contributed by atoms with Crippen molar-refractivity contribution in [1.82, 2.24) is 4.98 Å². The van der Waals surface area contributed by atoms with Crippen molar-refractivity contribution in [1.29, 1.82) is 0 Å². The van der Waals surface area contributed by atoms with Crippen LogP contribution in [0.1, 0.15) is 26.3 Å². The fourth-order valence-corrected chi connectivity index (χ4v) is 2.31. The van der Waals surface area contributed by atoms with Crippen LogP contribution in [0.15, 0.2) is 26.1 Å². The third-order valence-corrected chi connectivity index (χ3v) is 3.16. The second-order valence-electron chi connectivity index (χ2n) is 5.71. The number of carboxylic acid groups (broad SMARTS) is 1. The van der Waals surface area contributed by atoms with Crippen LogP contribution in [-0.4, -0.2) is 16.6 Å². The molecule has 7 nitrogen and oxygen atoms in total. The number of nitrogens with one attached hydrogen (secondary N) is 1. The van der Waals surface area contributed by atoms with Gasteiger partial charge in [-0.05, 0) is 45.4 Å². The molecule has 1 heterocycles. The molecular formula is C14H15N2O5-. The lowest BCUT2D eigenvalue weighted by atomic mass is 10.0. The molecule has 1 amide bonds. The predicted molar refractivity (Wildman–Crippen MR) is 75.5 cm³/mol. The molecule has 0 saturated carbocycles. The molecule has 0 aliphatic rings. The molecule has 0 bridgehead atoms. The molecule has 2 aromatic rings. The number of rotatable bonds is 1. The molecule has 1 N–H and O–H groups in total. The highest BCUT2D eigenvalue weighted by atomic mass is 16.4. The van der Waals surface area contributed by atoms with Crippen LogP contribution in [0.4, 0.5) is 10.5 Å². The summed E-state index contributed by atoms with van der Waals surface area (Å²) in [6.45, 7) is 6.72. The molecule has 2 rings (SSSR count). The SMILES string of the molecule is Cc1c(N(C(=O)[O-])C(C)(C)C)ccc2[nH]c(=O)oc(=O)c12. The Morgan fingerprint density at radius 3 is 2.43 bits per heavy atom. The number of H-pyrrole nitrogens is 1. The largest absolute Gasteiger partial charge is 0.530 e. The summed E-state index contributed by atoms with van der Waals surface area (Å²) in [6.07, 6.45) is -1.38. The number of aromatic amines is 1. The minimum atomic E-state index is -1.38. The smallest absolute Gasteiger partial charge is 0.419 e. The van der Waals surface area contributed by atoms with Crippen LogP contribution in [0.2, 0.25) is 0 Å². The molecule has 0 saturated heterocycles. The van der Waals surface area contributed by atoms with Gasteiger partial charge in [-0.15, -0.1) is 0 Å². The quantitative estimate of drug-likeness (QED) is 0.833. The second kappa shape index (κ2) is 4.76. The van der Waals surface area contributed by atoms with Gasteiger partial charge in [0.25, 0.3) is 0 Å². The molecular weight excluding hydrogens is 276 g/mol. The van der Waals surface area contributed by atoms with E-state index in [2.05, 4.69) is 9.40 Å². The molecule has 1 aromatic carbocycles. The van der Waals surface area contributed by atoms with Crippen LogP contribution in [0.25, 0.3) is 10.9 Å². The number of hydrogen-bond donors (Lipinski definition) is 1. The number of carbonyl (C=O) groups is 1. The average molecular weight is 291 g/mol. The Kier molecular flexibility index (Phi) is 3.36. The number of benzene rings is 1. The molecule has 7 heteroatoms. The molecule has 0 fully saturated rings. The summed E-state index contributed by atoms with van der Waals surface area (Å²) in [5.74, 6) is -0.854. The molecule has 0 unspecified atom stereocenters. The van der Waals surface area contributed by atoms with Crippen LogP contribution in [0.5, 0.6) is 0 Å². The van der Waals surface area contributed by atoms with E-state index < -0.39 is 23.0 Å². The maximum absolute atomic E-state index is 11.8. The number of fused-ring (bicyclic) bond motifs is 1. The third-order valence-electron chi connectivity index (χ3n) is 3.16. The Hall–Kier alpha value is -2.57. The van der Waals surface area contributed by atoms with Gasteiger partial charge in [-0.3, -0.25) is 4.98 Å². The van der Waals surface area contributed by atoms with Crippen molar-refractivity contribution in [3.63, 3.8) is 0 Å². The molecule has 0 spiro atoms. The van der Waals surface area contributed by atoms with Gasteiger partial charge < -0.3 is 19.2 Å². The van der Waals surface area contributed by atoms with Crippen LogP contribution in [0, 0.1) is 6.92 Å². The van der Waals surface area contributed by atoms with E-state index in [1.54, 1.807) is 27.7 Å². The maximum Gasteiger partial charge on any atom is 0.419 e. The summed E-state index contributed by atoms with van der Waals surface area (Å²) in [7, 11) is 0. The summed E-state index contributed by atoms with van der Waals surface area (Å²) in [6, 6.07) is 2.99. The summed E-state index contributed by atoms with van der Waals surface area (Å²) in [5, 5.41) is 11.6. The van der Waals surface area contributed by atoms with E-state index in [9.17, 15) is 19.5 Å². The zero-order valence-electron chi connectivity index (χ0n) is 12.1. The van der Waals surface area contributed by atoms with Gasteiger partial charge in [-0.2, -0.15) is 0 Å². The predicted octanol–water partition coefficient (Wildman–Crippen LogP) is 0.738. The van der Waals surface area contributed by atoms with E-state index in [1.807, 2.05) is 0 Å². The molecule has 0 aliphatic heterocycles. The van der Waals surface area contributed by atoms with Gasteiger partial charge in [0.1, 0.15) is 6.09 Å². The molecule has 112 valence electrons. The number of hydrogen-bond acceptors (Lipinski definition) is 5. The zero-order valence-corrected chi connectivity index (χ0v) is 12.1. The zero-order chi connectivity index (χ0) is 15.9. The first kappa shape index (κ1) is 14.8. The molecule has 21 heavy (non-hydrogen) atoms. The van der Waals surface area contributed by atoms with Gasteiger partial charge in [0, 0.05) is 11.2 Å². The monoisotopic (exact) mass is 291 g/mol. The van der Waals surface area contributed by atoms with E-state index in [0.29, 0.717) is 16.8 Å². The first-order valence-electron chi connectivity index (χ1n) is 6.31. The number of carbonyl (C=O) groups excluding carboxylic acids is 1. The Morgan fingerprint density at radius 2 is 1.90 bits per heavy atom. The highest BCUT2D eigenvalue weighted by Crippen LogP contribution is 2.29. The Bertz CT molecular complexity index is 826. The van der Waals surface area contributed by atoms with Gasteiger partial charge in [0.2, 0.25) is 0 Å². The Labute approximate surface area is 119 Å². The van der Waals surface area contributed by atoms with Crippen molar-refractivity contribution in [2.24, 2.45) is 0 Å². The van der Waals surface area contributed by atoms with Crippen molar-refractivity contribution < 1.29 is 14.3 Å². The lowest BCUT2D eigenvalue weighted by molar-refractivity contribution is -0.247. The first-order chi connectivity index (χ1) is 9.62. The van der Waals surface area contributed by atoms with Gasteiger partial charge >= 0.3 is 11.4 Å². The highest BCUT2D eigenvalue weighted by Gasteiger charge is 2.25. The van der Waals surface area contributed by atoms with E-state index in [-0.39, 0.29) is 5.39 Å². The van der Waals surface area contributed by atoms with Gasteiger partial charge in [-0.25, -0.2) is 9.59 Å². The molecule has 1 aromatic heterocycles. The highest BCUT2D eigenvalue weighted by molar-refractivity contribution is 5.93. The maximum atomic E-state index is 11.8. The molecule has 0 atom stereocenters. The Morgan fingerprint density at radius 1 is 1.29 bits per heavy atom. The van der Waals surface area contributed by atoms with Crippen LogP contribution in [-0.2, 0) is 0 Å². The second-order valence-corrected chi connectivity index (χ2v) is 5.71. The summed E-state index contributed by atoms with van der Waals surface area (Å²) < 4.78 is 4.50. The lowest BCUT2D eigenvalue weighted by Crippen LogP contribution is -2.52. The van der Waals surface area contributed by atoms with Gasteiger partial charge in [0.15, 0.2) is 0 Å². The summed E-state index contributed by atoms with van der Waals surface area (Å²) in [4.78, 5) is 37.9. The van der Waals surface area contributed by atoms with Gasteiger partial charge in [-0.1, -0.05) is 0 Å². The van der Waals surface area contributed by atoms with Crippen molar-refractivity contribution in [2.45, 2.75) is 33.2 Å². The van der Waals surface area contributed by atoms with Crippen LogP contribution < -0.4 is 21.4 Å². The minimum Gasteiger partial charge on any atom is -0.530 e. The topological polar surface area (TPSA) is 106 Å². The van der Waals surface area contributed by atoms with Crippen molar-refractivity contribution >= 4 is 22.7 Å². The summed E-state index contributed by atoms with van der Waals surface area (Å²) in [5.41, 5.74) is -0.546. The summed E-state index contributed by atoms with van der Waals surface area (Å²) >= 11 is 0. The Balaban J connectivity index is 2.83. The van der Waals surface area contributed by atoms with Crippen molar-refractivity contribution in [3.05, 3.63) is 38.7 Å². The van der Waals surface area contributed by atoms with Crippen molar-refractivity contribution in [3.8, 4) is 0 Å². The van der Waals surface area contributed by atoms with Gasteiger partial charge in [0.05, 0.1) is 10.9 Å². The minimum absolute atomic E-state index is 0.141. The molecule has 0 aliphatic carbocycles. The molecule has 0 radical (unpaired) electrons. The number of nitrogens with zero attached hydrogens (tertiary/aromatic N) is 1. The fraction of sp³-hybridized carbons (Fsp3) is 0.357. The number of anilines is 1. The van der Waals surface area contributed by atoms with Crippen molar-refractivity contribution in [2.75, 3.05) is 4.90 Å². The third kappa shape index (κ3) is 2.54. The standard InChI is InChI=1S/C14H16N2O5/c1-7-9(16(13(19)20)14(2,3)4)6-5-8-10(7)11(17)21-12(18)15-8/h5-6H,1-4H3,(H,15,18)(H,19,20)/p-1. The fourth-order valence-electron chi connectivity index (χ4n) is 2.31. The lowest BCUT2D eigenvalue weighted by Gasteiger charge is -2.38. The average Bonchev–Trinajstić information content (AvgIpc) is 2.29. The number of aromatic nitrogens is 1. The number of amides is 1. The van der Waals surface area contributed by atoms with E-state index in [4.69, 9.17) is 0 Å². The van der Waals surface area contributed by atoms with E-state index in [0.717, 1.165) is 4.90 Å².